The third kappa shape index (κ3) is 4.79. The third-order valence-electron chi connectivity index (χ3n) is 5.11. The summed E-state index contributed by atoms with van der Waals surface area (Å²) in [6.07, 6.45) is 5.21. The number of rotatable bonds is 7. The maximum absolute atomic E-state index is 12.0. The average Bonchev–Trinajstić information content (AvgIpc) is 2.99. The van der Waals surface area contributed by atoms with E-state index in [0.717, 1.165) is 58.4 Å². The molecule has 0 aromatic heterocycles. The maximum atomic E-state index is 12.0. The number of amides is 1. The summed E-state index contributed by atoms with van der Waals surface area (Å²) in [5, 5.41) is 3.58. The zero-order chi connectivity index (χ0) is 16.6. The zero-order valence-corrected chi connectivity index (χ0v) is 14.5. The standard InChI is InChI=1S/C19H30N4O/c24-18-10-5-2-6-12-23(18)13-7-11-20-14-17-15-21-22-19(17)16-8-3-1-4-9-16/h1,3-4,8-9,17,19-22H,2,5-7,10-15H2. The highest BCUT2D eigenvalue weighted by Gasteiger charge is 2.27. The third-order valence-corrected chi connectivity index (χ3v) is 5.11. The summed E-state index contributed by atoms with van der Waals surface area (Å²) in [4.78, 5) is 14.0. The molecule has 5 heteroatoms. The molecule has 0 saturated carbocycles. The Morgan fingerprint density at radius 3 is 2.92 bits per heavy atom. The fourth-order valence-corrected chi connectivity index (χ4v) is 3.70. The Morgan fingerprint density at radius 2 is 2.04 bits per heavy atom. The molecular formula is C19H30N4O. The first-order chi connectivity index (χ1) is 11.8. The van der Waals surface area contributed by atoms with E-state index < -0.39 is 0 Å². The summed E-state index contributed by atoms with van der Waals surface area (Å²) < 4.78 is 0. The van der Waals surface area contributed by atoms with Crippen LogP contribution in [0.3, 0.4) is 0 Å². The van der Waals surface area contributed by atoms with E-state index in [2.05, 4.69) is 51.4 Å². The number of carbonyl (C=O) groups is 1. The number of likely N-dealkylation sites (tertiary alicyclic amines) is 1. The predicted octanol–water partition coefficient (Wildman–Crippen LogP) is 1.83. The molecule has 3 rings (SSSR count). The number of benzene rings is 1. The van der Waals surface area contributed by atoms with E-state index in [1.165, 1.54) is 12.0 Å². The van der Waals surface area contributed by atoms with E-state index in [9.17, 15) is 4.79 Å². The first-order valence-electron chi connectivity index (χ1n) is 9.36. The Kier molecular flexibility index (Phi) is 6.64. The summed E-state index contributed by atoms with van der Waals surface area (Å²) in [5.41, 5.74) is 8.01. The van der Waals surface area contributed by atoms with Gasteiger partial charge in [-0.05, 0) is 31.4 Å². The Labute approximate surface area is 145 Å². The zero-order valence-electron chi connectivity index (χ0n) is 14.5. The van der Waals surface area contributed by atoms with Crippen LogP contribution in [0.5, 0.6) is 0 Å². The number of nitrogens with one attached hydrogen (secondary N) is 3. The second kappa shape index (κ2) is 9.16. The molecule has 0 bridgehead atoms. The van der Waals surface area contributed by atoms with Crippen molar-refractivity contribution in [3.05, 3.63) is 35.9 Å². The quantitative estimate of drug-likeness (QED) is 0.668. The summed E-state index contributed by atoms with van der Waals surface area (Å²) in [6, 6.07) is 11.0. The highest BCUT2D eigenvalue weighted by atomic mass is 16.2. The van der Waals surface area contributed by atoms with Gasteiger partial charge in [0.05, 0.1) is 6.04 Å². The lowest BCUT2D eigenvalue weighted by molar-refractivity contribution is -0.130. The van der Waals surface area contributed by atoms with Crippen molar-refractivity contribution in [2.75, 3.05) is 32.7 Å². The largest absolute Gasteiger partial charge is 0.343 e. The lowest BCUT2D eigenvalue weighted by Gasteiger charge is -2.22. The fourth-order valence-electron chi connectivity index (χ4n) is 3.70. The normalized spacial score (nSPS) is 25.0. The fraction of sp³-hybridized carbons (Fsp3) is 0.632. The molecule has 132 valence electrons. The van der Waals surface area contributed by atoms with Gasteiger partial charge < -0.3 is 10.2 Å². The van der Waals surface area contributed by atoms with Crippen LogP contribution in [0.15, 0.2) is 30.3 Å². The van der Waals surface area contributed by atoms with Gasteiger partial charge >= 0.3 is 0 Å². The molecule has 2 unspecified atom stereocenters. The minimum atomic E-state index is 0.348. The molecule has 5 nitrogen and oxygen atoms in total. The molecule has 2 heterocycles. The topological polar surface area (TPSA) is 56.4 Å². The Balaban J connectivity index is 1.36. The molecule has 2 aliphatic heterocycles. The van der Waals surface area contributed by atoms with Crippen molar-refractivity contribution in [2.45, 2.75) is 38.1 Å². The number of hydrogen-bond donors (Lipinski definition) is 3. The Bertz CT molecular complexity index is 507. The van der Waals surface area contributed by atoms with Crippen LogP contribution in [0.4, 0.5) is 0 Å². The lowest BCUT2D eigenvalue weighted by atomic mass is 9.95. The van der Waals surface area contributed by atoms with Gasteiger partial charge in [-0.15, -0.1) is 0 Å². The summed E-state index contributed by atoms with van der Waals surface area (Å²) in [6.45, 7) is 4.80. The lowest BCUT2D eigenvalue weighted by Crippen LogP contribution is -2.34. The smallest absolute Gasteiger partial charge is 0.222 e. The van der Waals surface area contributed by atoms with Crippen LogP contribution in [0.2, 0.25) is 0 Å². The summed E-state index contributed by atoms with van der Waals surface area (Å²) in [7, 11) is 0. The maximum Gasteiger partial charge on any atom is 0.222 e. The molecule has 2 saturated heterocycles. The van der Waals surface area contributed by atoms with Crippen molar-refractivity contribution in [2.24, 2.45) is 5.92 Å². The molecule has 1 aromatic carbocycles. The van der Waals surface area contributed by atoms with E-state index in [1.807, 2.05) is 0 Å². The molecule has 2 fully saturated rings. The van der Waals surface area contributed by atoms with Crippen molar-refractivity contribution >= 4 is 5.91 Å². The number of nitrogens with zero attached hydrogens (tertiary/aromatic N) is 1. The van der Waals surface area contributed by atoms with Crippen molar-refractivity contribution < 1.29 is 4.79 Å². The van der Waals surface area contributed by atoms with Crippen LogP contribution in [0.25, 0.3) is 0 Å². The second-order valence-electron chi connectivity index (χ2n) is 6.92. The minimum Gasteiger partial charge on any atom is -0.343 e. The first-order valence-corrected chi connectivity index (χ1v) is 9.36. The van der Waals surface area contributed by atoms with Crippen molar-refractivity contribution in [3.63, 3.8) is 0 Å². The van der Waals surface area contributed by atoms with Gasteiger partial charge in [-0.1, -0.05) is 36.8 Å². The number of carbonyl (C=O) groups excluding carboxylic acids is 1. The van der Waals surface area contributed by atoms with Gasteiger partial charge in [-0.25, -0.2) is 5.43 Å². The van der Waals surface area contributed by atoms with E-state index in [-0.39, 0.29) is 0 Å². The van der Waals surface area contributed by atoms with Crippen molar-refractivity contribution in [3.8, 4) is 0 Å². The molecule has 2 atom stereocenters. The van der Waals surface area contributed by atoms with Crippen LogP contribution in [0.1, 0.15) is 43.7 Å². The molecular weight excluding hydrogens is 300 g/mol. The average molecular weight is 330 g/mol. The Morgan fingerprint density at radius 1 is 1.17 bits per heavy atom. The monoisotopic (exact) mass is 330 g/mol. The molecule has 1 amide bonds. The van der Waals surface area contributed by atoms with Gasteiger partial charge in [0.1, 0.15) is 0 Å². The van der Waals surface area contributed by atoms with Crippen LogP contribution >= 0.6 is 0 Å². The molecule has 0 radical (unpaired) electrons. The molecule has 2 aliphatic rings. The van der Waals surface area contributed by atoms with E-state index in [0.29, 0.717) is 17.9 Å². The van der Waals surface area contributed by atoms with Crippen LogP contribution < -0.4 is 16.2 Å². The van der Waals surface area contributed by atoms with Gasteiger partial charge in [0.2, 0.25) is 5.91 Å². The van der Waals surface area contributed by atoms with Gasteiger partial charge in [-0.2, -0.15) is 0 Å². The van der Waals surface area contributed by atoms with Gasteiger partial charge in [0, 0.05) is 38.5 Å². The van der Waals surface area contributed by atoms with Gasteiger partial charge in [0.25, 0.3) is 0 Å². The van der Waals surface area contributed by atoms with E-state index >= 15 is 0 Å². The highest BCUT2D eigenvalue weighted by molar-refractivity contribution is 5.76. The van der Waals surface area contributed by atoms with Crippen LogP contribution in [-0.2, 0) is 4.79 Å². The highest BCUT2D eigenvalue weighted by Crippen LogP contribution is 2.23. The van der Waals surface area contributed by atoms with Crippen molar-refractivity contribution in [1.82, 2.24) is 21.1 Å². The number of hydrazine groups is 1. The number of hydrogen-bond acceptors (Lipinski definition) is 4. The van der Waals surface area contributed by atoms with Gasteiger partial charge in [0.15, 0.2) is 0 Å². The molecule has 0 aliphatic carbocycles. The van der Waals surface area contributed by atoms with E-state index in [4.69, 9.17) is 0 Å². The first kappa shape index (κ1) is 17.4. The minimum absolute atomic E-state index is 0.348. The van der Waals surface area contributed by atoms with E-state index in [1.54, 1.807) is 0 Å². The Hall–Kier alpha value is -1.43. The van der Waals surface area contributed by atoms with Gasteiger partial charge in [-0.3, -0.25) is 10.2 Å². The predicted molar refractivity (Wildman–Crippen MR) is 96.3 cm³/mol. The summed E-state index contributed by atoms with van der Waals surface area (Å²) >= 11 is 0. The molecule has 0 spiro atoms. The SMILES string of the molecule is O=C1CCCCCN1CCCNCC1CNNC1c1ccccc1. The molecule has 3 N–H and O–H groups in total. The van der Waals surface area contributed by atoms with Crippen molar-refractivity contribution in [1.29, 1.82) is 0 Å². The van der Waals surface area contributed by atoms with Crippen LogP contribution in [0, 0.1) is 5.92 Å². The molecule has 1 aromatic rings. The summed E-state index contributed by atoms with van der Waals surface area (Å²) in [5.74, 6) is 0.896. The molecule has 24 heavy (non-hydrogen) atoms. The van der Waals surface area contributed by atoms with Crippen LogP contribution in [-0.4, -0.2) is 43.5 Å². The second-order valence-corrected chi connectivity index (χ2v) is 6.92.